The van der Waals surface area contributed by atoms with Crippen molar-refractivity contribution < 1.29 is 9.53 Å². The topological polar surface area (TPSA) is 50.4 Å². The van der Waals surface area contributed by atoms with Crippen LogP contribution >= 0.6 is 15.9 Å². The predicted molar refractivity (Wildman–Crippen MR) is 108 cm³/mol. The Hall–Kier alpha value is -2.79. The van der Waals surface area contributed by atoms with Crippen LogP contribution in [0.4, 0.5) is 10.5 Å². The van der Waals surface area contributed by atoms with Gasteiger partial charge in [0.15, 0.2) is 0 Å². The van der Waals surface area contributed by atoms with E-state index < -0.39 is 0 Å². The van der Waals surface area contributed by atoms with Gasteiger partial charge in [-0.3, -0.25) is 0 Å². The summed E-state index contributed by atoms with van der Waals surface area (Å²) in [6.07, 6.45) is 0.782. The number of rotatable bonds is 6. The van der Waals surface area contributed by atoms with Gasteiger partial charge in [0, 0.05) is 16.7 Å². The molecule has 0 aromatic heterocycles. The van der Waals surface area contributed by atoms with Crippen molar-refractivity contribution in [2.45, 2.75) is 6.42 Å². The molecule has 132 valence electrons. The molecular formula is C21H19BrN2O2. The Morgan fingerprint density at radius 1 is 0.846 bits per heavy atom. The fraction of sp³-hybridized carbons (Fsp3) is 0.0952. The highest BCUT2D eigenvalue weighted by atomic mass is 79.9. The van der Waals surface area contributed by atoms with Crippen LogP contribution in [-0.4, -0.2) is 12.6 Å². The first-order chi connectivity index (χ1) is 12.7. The van der Waals surface area contributed by atoms with Crippen LogP contribution in [0.15, 0.2) is 83.3 Å². The van der Waals surface area contributed by atoms with Crippen LogP contribution in [-0.2, 0) is 6.42 Å². The lowest BCUT2D eigenvalue weighted by Crippen LogP contribution is -2.30. The Morgan fingerprint density at radius 2 is 1.50 bits per heavy atom. The van der Waals surface area contributed by atoms with Crippen LogP contribution in [0.5, 0.6) is 11.5 Å². The number of para-hydroxylation sites is 1. The Morgan fingerprint density at radius 3 is 2.19 bits per heavy atom. The zero-order valence-corrected chi connectivity index (χ0v) is 15.7. The van der Waals surface area contributed by atoms with E-state index in [4.69, 9.17) is 4.74 Å². The van der Waals surface area contributed by atoms with Gasteiger partial charge in [-0.15, -0.1) is 0 Å². The molecule has 0 heterocycles. The lowest BCUT2D eigenvalue weighted by atomic mass is 10.1. The van der Waals surface area contributed by atoms with E-state index in [0.29, 0.717) is 12.2 Å². The maximum atomic E-state index is 12.0. The highest BCUT2D eigenvalue weighted by Gasteiger charge is 2.03. The van der Waals surface area contributed by atoms with Gasteiger partial charge in [0.1, 0.15) is 11.5 Å². The fourth-order valence-corrected chi connectivity index (χ4v) is 2.64. The molecule has 0 aliphatic rings. The lowest BCUT2D eigenvalue weighted by molar-refractivity contribution is 0.252. The first kappa shape index (κ1) is 18.0. The molecule has 0 saturated carbocycles. The number of ether oxygens (including phenoxy) is 1. The molecule has 3 aromatic carbocycles. The largest absolute Gasteiger partial charge is 0.457 e. The van der Waals surface area contributed by atoms with Gasteiger partial charge in [0.05, 0.1) is 0 Å². The number of hydrogen-bond donors (Lipinski definition) is 2. The standard InChI is InChI=1S/C21H19BrN2O2/c22-17-8-6-16(7-9-17)14-15-23-21(25)24-18-10-12-20(13-11-18)26-19-4-2-1-3-5-19/h1-13H,14-15H2,(H2,23,24,25). The highest BCUT2D eigenvalue weighted by Crippen LogP contribution is 2.22. The van der Waals surface area contributed by atoms with E-state index in [9.17, 15) is 4.79 Å². The van der Waals surface area contributed by atoms with Gasteiger partial charge < -0.3 is 15.4 Å². The monoisotopic (exact) mass is 410 g/mol. The first-order valence-corrected chi connectivity index (χ1v) is 9.10. The van der Waals surface area contributed by atoms with Crippen molar-refractivity contribution in [3.63, 3.8) is 0 Å². The molecular weight excluding hydrogens is 392 g/mol. The molecule has 2 amide bonds. The number of amides is 2. The highest BCUT2D eigenvalue weighted by molar-refractivity contribution is 9.10. The second-order valence-corrected chi connectivity index (χ2v) is 6.61. The molecule has 0 unspecified atom stereocenters. The fourth-order valence-electron chi connectivity index (χ4n) is 2.38. The van der Waals surface area contributed by atoms with Crippen LogP contribution in [0, 0.1) is 0 Å². The normalized spacial score (nSPS) is 10.2. The summed E-state index contributed by atoms with van der Waals surface area (Å²) in [6, 6.07) is 24.7. The number of halogens is 1. The summed E-state index contributed by atoms with van der Waals surface area (Å²) in [5, 5.41) is 5.67. The molecule has 5 heteroatoms. The third-order valence-electron chi connectivity index (χ3n) is 3.70. The molecule has 26 heavy (non-hydrogen) atoms. The lowest BCUT2D eigenvalue weighted by Gasteiger charge is -2.09. The zero-order chi connectivity index (χ0) is 18.2. The van der Waals surface area contributed by atoms with Gasteiger partial charge in [-0.1, -0.05) is 46.3 Å². The van der Waals surface area contributed by atoms with Gasteiger partial charge >= 0.3 is 6.03 Å². The minimum atomic E-state index is -0.223. The maximum absolute atomic E-state index is 12.0. The summed E-state index contributed by atoms with van der Waals surface area (Å²) >= 11 is 3.41. The summed E-state index contributed by atoms with van der Waals surface area (Å²) in [5.74, 6) is 1.50. The van der Waals surface area contributed by atoms with E-state index >= 15 is 0 Å². The molecule has 0 aliphatic carbocycles. The van der Waals surface area contributed by atoms with E-state index in [2.05, 4.69) is 26.6 Å². The molecule has 0 radical (unpaired) electrons. The van der Waals surface area contributed by atoms with E-state index in [1.54, 1.807) is 0 Å². The van der Waals surface area contributed by atoms with E-state index in [1.165, 1.54) is 5.56 Å². The minimum Gasteiger partial charge on any atom is -0.457 e. The van der Waals surface area contributed by atoms with Crippen LogP contribution in [0.1, 0.15) is 5.56 Å². The Bertz CT molecular complexity index is 834. The van der Waals surface area contributed by atoms with Crippen molar-refractivity contribution >= 4 is 27.6 Å². The third kappa shape index (κ3) is 5.63. The molecule has 0 bridgehead atoms. The van der Waals surface area contributed by atoms with Crippen molar-refractivity contribution in [3.05, 3.63) is 88.9 Å². The van der Waals surface area contributed by atoms with Crippen LogP contribution < -0.4 is 15.4 Å². The molecule has 3 rings (SSSR count). The number of hydrogen-bond acceptors (Lipinski definition) is 2. The summed E-state index contributed by atoms with van der Waals surface area (Å²) in [7, 11) is 0. The molecule has 4 nitrogen and oxygen atoms in total. The third-order valence-corrected chi connectivity index (χ3v) is 4.23. The second kappa shape index (κ2) is 9.06. The zero-order valence-electron chi connectivity index (χ0n) is 14.1. The van der Waals surface area contributed by atoms with Gasteiger partial charge in [-0.2, -0.15) is 0 Å². The number of carbonyl (C=O) groups excluding carboxylic acids is 1. The minimum absolute atomic E-state index is 0.223. The number of anilines is 1. The van der Waals surface area contributed by atoms with Crippen LogP contribution in [0.25, 0.3) is 0 Å². The second-order valence-electron chi connectivity index (χ2n) is 5.70. The van der Waals surface area contributed by atoms with Crippen molar-refractivity contribution in [2.24, 2.45) is 0 Å². The Labute approximate surface area is 161 Å². The van der Waals surface area contributed by atoms with E-state index in [1.807, 2.05) is 78.9 Å². The molecule has 0 atom stereocenters. The first-order valence-electron chi connectivity index (χ1n) is 8.31. The average molecular weight is 411 g/mol. The van der Waals surface area contributed by atoms with Crippen LogP contribution in [0.2, 0.25) is 0 Å². The number of urea groups is 1. The van der Waals surface area contributed by atoms with E-state index in [0.717, 1.165) is 22.4 Å². The molecule has 3 aromatic rings. The van der Waals surface area contributed by atoms with Crippen molar-refractivity contribution in [2.75, 3.05) is 11.9 Å². The van der Waals surface area contributed by atoms with Crippen molar-refractivity contribution in [1.29, 1.82) is 0 Å². The average Bonchev–Trinajstić information content (AvgIpc) is 2.66. The van der Waals surface area contributed by atoms with Gasteiger partial charge in [-0.05, 0) is 60.5 Å². The molecule has 0 fully saturated rings. The molecule has 0 spiro atoms. The summed E-state index contributed by atoms with van der Waals surface area (Å²) in [5.41, 5.74) is 1.89. The Kier molecular flexibility index (Phi) is 6.28. The van der Waals surface area contributed by atoms with Gasteiger partial charge in [-0.25, -0.2) is 4.79 Å². The molecule has 0 aliphatic heterocycles. The van der Waals surface area contributed by atoms with Crippen molar-refractivity contribution in [1.82, 2.24) is 5.32 Å². The SMILES string of the molecule is O=C(NCCc1ccc(Br)cc1)Nc1ccc(Oc2ccccc2)cc1. The predicted octanol–water partition coefficient (Wildman–Crippen LogP) is 5.61. The van der Waals surface area contributed by atoms with E-state index in [-0.39, 0.29) is 6.03 Å². The Balaban J connectivity index is 1.44. The molecule has 0 saturated heterocycles. The quantitative estimate of drug-likeness (QED) is 0.554. The number of nitrogens with one attached hydrogen (secondary N) is 2. The smallest absolute Gasteiger partial charge is 0.319 e. The van der Waals surface area contributed by atoms with Crippen molar-refractivity contribution in [3.8, 4) is 11.5 Å². The number of benzene rings is 3. The maximum Gasteiger partial charge on any atom is 0.319 e. The van der Waals surface area contributed by atoms with Gasteiger partial charge in [0.2, 0.25) is 0 Å². The molecule has 2 N–H and O–H groups in total. The summed E-state index contributed by atoms with van der Waals surface area (Å²) < 4.78 is 6.78. The van der Waals surface area contributed by atoms with Gasteiger partial charge in [0.25, 0.3) is 0 Å². The van der Waals surface area contributed by atoms with Crippen LogP contribution in [0.3, 0.4) is 0 Å². The number of carbonyl (C=O) groups is 1. The summed E-state index contributed by atoms with van der Waals surface area (Å²) in [4.78, 5) is 12.0. The summed E-state index contributed by atoms with van der Waals surface area (Å²) in [6.45, 7) is 0.572.